The quantitative estimate of drug-likeness (QED) is 0.475. The van der Waals surface area contributed by atoms with Crippen LogP contribution in [0.15, 0.2) is 82.1 Å². The maximum Gasteiger partial charge on any atom is 0.266 e. The van der Waals surface area contributed by atoms with Gasteiger partial charge in [0.25, 0.3) is 5.56 Å². The highest BCUT2D eigenvalue weighted by Gasteiger charge is 2.14. The van der Waals surface area contributed by atoms with Crippen molar-refractivity contribution >= 4 is 26.8 Å². The van der Waals surface area contributed by atoms with Crippen molar-refractivity contribution in [2.24, 2.45) is 0 Å². The molecule has 4 aromatic rings. The zero-order chi connectivity index (χ0) is 17.4. The standard InChI is InChI=1S/C21H15BrN2O/c1-14-11-12-16(13-18(14)22)24-20(15-7-3-2-4-8-15)23-19-10-6-5-9-17(19)21(24)25/h2-13H,1H3. The minimum Gasteiger partial charge on any atom is -0.268 e. The van der Waals surface area contributed by atoms with E-state index in [1.54, 1.807) is 4.57 Å². The number of aromatic nitrogens is 2. The van der Waals surface area contributed by atoms with Gasteiger partial charge in [0.1, 0.15) is 5.82 Å². The van der Waals surface area contributed by atoms with Gasteiger partial charge in [-0.15, -0.1) is 0 Å². The average molecular weight is 391 g/mol. The number of benzene rings is 3. The number of fused-ring (bicyclic) bond motifs is 1. The van der Waals surface area contributed by atoms with Crippen LogP contribution in [0.25, 0.3) is 28.0 Å². The van der Waals surface area contributed by atoms with E-state index in [9.17, 15) is 4.79 Å². The Morgan fingerprint density at radius 1 is 0.920 bits per heavy atom. The van der Waals surface area contributed by atoms with Gasteiger partial charge in [-0.25, -0.2) is 4.98 Å². The van der Waals surface area contributed by atoms with Crippen LogP contribution in [0.4, 0.5) is 0 Å². The largest absolute Gasteiger partial charge is 0.268 e. The summed E-state index contributed by atoms with van der Waals surface area (Å²) in [5, 5.41) is 0.610. The molecule has 0 amide bonds. The molecule has 25 heavy (non-hydrogen) atoms. The van der Waals surface area contributed by atoms with Gasteiger partial charge >= 0.3 is 0 Å². The monoisotopic (exact) mass is 390 g/mol. The number of para-hydroxylation sites is 1. The molecule has 0 bridgehead atoms. The highest BCUT2D eigenvalue weighted by Crippen LogP contribution is 2.25. The second kappa shape index (κ2) is 6.30. The van der Waals surface area contributed by atoms with Crippen molar-refractivity contribution in [2.45, 2.75) is 6.92 Å². The van der Waals surface area contributed by atoms with Crippen LogP contribution in [0.1, 0.15) is 5.56 Å². The SMILES string of the molecule is Cc1ccc(-n2c(-c3ccccc3)nc3ccccc3c2=O)cc1Br. The Kier molecular flexibility index (Phi) is 3.98. The second-order valence-electron chi connectivity index (χ2n) is 5.89. The zero-order valence-corrected chi connectivity index (χ0v) is 15.2. The lowest BCUT2D eigenvalue weighted by atomic mass is 10.1. The van der Waals surface area contributed by atoms with Crippen molar-refractivity contribution in [3.63, 3.8) is 0 Å². The highest BCUT2D eigenvalue weighted by atomic mass is 79.9. The summed E-state index contributed by atoms with van der Waals surface area (Å²) in [4.78, 5) is 18.0. The maximum absolute atomic E-state index is 13.2. The van der Waals surface area contributed by atoms with Crippen LogP contribution in [-0.2, 0) is 0 Å². The van der Waals surface area contributed by atoms with Crippen molar-refractivity contribution in [1.29, 1.82) is 0 Å². The van der Waals surface area contributed by atoms with Crippen LogP contribution >= 0.6 is 15.9 Å². The summed E-state index contributed by atoms with van der Waals surface area (Å²) in [6, 6.07) is 23.1. The fraction of sp³-hybridized carbons (Fsp3) is 0.0476. The third kappa shape index (κ3) is 2.79. The smallest absolute Gasteiger partial charge is 0.266 e. The number of halogens is 1. The summed E-state index contributed by atoms with van der Waals surface area (Å²) in [6.45, 7) is 2.02. The molecule has 0 unspecified atom stereocenters. The normalized spacial score (nSPS) is 11.0. The summed E-state index contributed by atoms with van der Waals surface area (Å²) < 4.78 is 2.64. The molecule has 0 spiro atoms. The van der Waals surface area contributed by atoms with E-state index in [-0.39, 0.29) is 5.56 Å². The molecular formula is C21H15BrN2O. The van der Waals surface area contributed by atoms with E-state index >= 15 is 0 Å². The summed E-state index contributed by atoms with van der Waals surface area (Å²) in [5.41, 5.74) is 3.45. The molecule has 3 nitrogen and oxygen atoms in total. The van der Waals surface area contributed by atoms with Crippen molar-refractivity contribution in [3.05, 3.63) is 93.2 Å². The molecule has 0 saturated carbocycles. The van der Waals surface area contributed by atoms with Gasteiger partial charge in [-0.05, 0) is 36.8 Å². The summed E-state index contributed by atoms with van der Waals surface area (Å²) >= 11 is 3.56. The highest BCUT2D eigenvalue weighted by molar-refractivity contribution is 9.10. The van der Waals surface area contributed by atoms with Crippen molar-refractivity contribution in [2.75, 3.05) is 0 Å². The van der Waals surface area contributed by atoms with Crippen LogP contribution in [0, 0.1) is 6.92 Å². The number of aryl methyl sites for hydroxylation is 1. The lowest BCUT2D eigenvalue weighted by Gasteiger charge is -2.14. The molecule has 0 radical (unpaired) electrons. The van der Waals surface area contributed by atoms with Gasteiger partial charge in [0.2, 0.25) is 0 Å². The predicted molar refractivity (Wildman–Crippen MR) is 105 cm³/mol. The first-order valence-corrected chi connectivity index (χ1v) is 8.78. The summed E-state index contributed by atoms with van der Waals surface area (Å²) in [6.07, 6.45) is 0. The summed E-state index contributed by atoms with van der Waals surface area (Å²) in [7, 11) is 0. The first-order chi connectivity index (χ1) is 12.1. The molecule has 4 heteroatoms. The van der Waals surface area contributed by atoms with Crippen LogP contribution in [0.2, 0.25) is 0 Å². The topological polar surface area (TPSA) is 34.9 Å². The van der Waals surface area contributed by atoms with E-state index in [1.807, 2.05) is 79.7 Å². The minimum atomic E-state index is -0.0693. The van der Waals surface area contributed by atoms with Crippen LogP contribution in [0.5, 0.6) is 0 Å². The molecule has 0 aliphatic heterocycles. The first kappa shape index (κ1) is 15.8. The van der Waals surface area contributed by atoms with Gasteiger partial charge in [0.15, 0.2) is 0 Å². The van der Waals surface area contributed by atoms with Gasteiger partial charge in [0, 0.05) is 10.0 Å². The lowest BCUT2D eigenvalue weighted by Crippen LogP contribution is -2.22. The van der Waals surface area contributed by atoms with Crippen molar-refractivity contribution in [1.82, 2.24) is 9.55 Å². The van der Waals surface area contributed by atoms with E-state index in [1.165, 1.54) is 0 Å². The van der Waals surface area contributed by atoms with E-state index in [0.29, 0.717) is 16.7 Å². The predicted octanol–water partition coefficient (Wildman–Crippen LogP) is 5.12. The Hall–Kier alpha value is -2.72. The molecule has 4 rings (SSSR count). The van der Waals surface area contributed by atoms with Crippen LogP contribution in [-0.4, -0.2) is 9.55 Å². The number of hydrogen-bond acceptors (Lipinski definition) is 2. The third-order valence-electron chi connectivity index (χ3n) is 4.22. The fourth-order valence-electron chi connectivity index (χ4n) is 2.87. The van der Waals surface area contributed by atoms with Gasteiger partial charge in [0.05, 0.1) is 16.6 Å². The minimum absolute atomic E-state index is 0.0693. The van der Waals surface area contributed by atoms with E-state index in [2.05, 4.69) is 15.9 Å². The second-order valence-corrected chi connectivity index (χ2v) is 6.75. The molecular weight excluding hydrogens is 376 g/mol. The Morgan fingerprint density at radius 2 is 1.64 bits per heavy atom. The zero-order valence-electron chi connectivity index (χ0n) is 13.6. The van der Waals surface area contributed by atoms with Crippen LogP contribution in [0.3, 0.4) is 0 Å². The van der Waals surface area contributed by atoms with Crippen molar-refractivity contribution < 1.29 is 0 Å². The molecule has 0 saturated heterocycles. The number of hydrogen-bond donors (Lipinski definition) is 0. The molecule has 1 heterocycles. The maximum atomic E-state index is 13.2. The van der Waals surface area contributed by atoms with Gasteiger partial charge < -0.3 is 0 Å². The Bertz CT molecular complexity index is 1130. The van der Waals surface area contributed by atoms with Gasteiger partial charge in [-0.3, -0.25) is 9.36 Å². The molecule has 0 aliphatic rings. The summed E-state index contributed by atoms with van der Waals surface area (Å²) in [5.74, 6) is 0.639. The molecule has 0 N–H and O–H groups in total. The molecule has 3 aromatic carbocycles. The lowest BCUT2D eigenvalue weighted by molar-refractivity contribution is 0.973. The third-order valence-corrected chi connectivity index (χ3v) is 5.08. The Morgan fingerprint density at radius 3 is 2.40 bits per heavy atom. The van der Waals surface area contributed by atoms with Crippen molar-refractivity contribution in [3.8, 4) is 17.1 Å². The van der Waals surface area contributed by atoms with Crippen LogP contribution < -0.4 is 5.56 Å². The molecule has 0 fully saturated rings. The van der Waals surface area contributed by atoms with Gasteiger partial charge in [-0.1, -0.05) is 64.5 Å². The fourth-order valence-corrected chi connectivity index (χ4v) is 3.24. The van der Waals surface area contributed by atoms with Gasteiger partial charge in [-0.2, -0.15) is 0 Å². The van der Waals surface area contributed by atoms with E-state index < -0.39 is 0 Å². The number of nitrogens with zero attached hydrogens (tertiary/aromatic N) is 2. The Balaban J connectivity index is 2.12. The molecule has 122 valence electrons. The first-order valence-electron chi connectivity index (χ1n) is 7.99. The molecule has 1 aromatic heterocycles. The van der Waals surface area contributed by atoms with E-state index in [4.69, 9.17) is 4.98 Å². The molecule has 0 aliphatic carbocycles. The Labute approximate surface area is 153 Å². The molecule has 0 atom stereocenters. The van der Waals surface area contributed by atoms with E-state index in [0.717, 1.165) is 21.3 Å². The number of rotatable bonds is 2. The average Bonchev–Trinajstić information content (AvgIpc) is 2.65.